The van der Waals surface area contributed by atoms with Gasteiger partial charge in [0.2, 0.25) is 10.0 Å². The van der Waals surface area contributed by atoms with E-state index in [-0.39, 0.29) is 18.5 Å². The summed E-state index contributed by atoms with van der Waals surface area (Å²) < 4.78 is 78.4. The van der Waals surface area contributed by atoms with E-state index in [9.17, 15) is 26.0 Å². The fourth-order valence-corrected chi connectivity index (χ4v) is 2.91. The van der Waals surface area contributed by atoms with Crippen molar-refractivity contribution in [2.45, 2.75) is 11.3 Å². The molecule has 2 aromatic carbocycles. The molecule has 0 aliphatic heterocycles. The van der Waals surface area contributed by atoms with Crippen molar-refractivity contribution in [3.63, 3.8) is 0 Å². The molecule has 0 aliphatic rings. The zero-order valence-corrected chi connectivity index (χ0v) is 11.9. The minimum Gasteiger partial charge on any atom is -0.211 e. The molecule has 0 heterocycles. The van der Waals surface area contributed by atoms with Gasteiger partial charge in [0.15, 0.2) is 17.5 Å². The predicted octanol–water partition coefficient (Wildman–Crippen LogP) is 2.76. The molecule has 0 unspecified atom stereocenters. The van der Waals surface area contributed by atoms with Crippen molar-refractivity contribution in [2.24, 2.45) is 0 Å². The Bertz CT molecular complexity index is 793. The average molecular weight is 333 g/mol. The lowest BCUT2D eigenvalue weighted by Crippen LogP contribution is -2.27. The van der Waals surface area contributed by atoms with E-state index in [1.54, 1.807) is 6.07 Å². The standard InChI is InChI=1S/C14H11F4NO2S/c15-10-4-2-1-3-9(10)7-8-19-22(20,21)12-6-5-11(16)13(17)14(12)18/h1-6,19H,7-8H2. The maximum absolute atomic E-state index is 13.5. The maximum Gasteiger partial charge on any atom is 0.243 e. The molecule has 0 aliphatic carbocycles. The molecule has 0 spiro atoms. The second-order valence-electron chi connectivity index (χ2n) is 4.41. The maximum atomic E-state index is 13.5. The van der Waals surface area contributed by atoms with Crippen molar-refractivity contribution in [1.82, 2.24) is 4.72 Å². The van der Waals surface area contributed by atoms with Crippen LogP contribution < -0.4 is 4.72 Å². The van der Waals surface area contributed by atoms with Gasteiger partial charge in [-0.05, 0) is 30.2 Å². The van der Waals surface area contributed by atoms with Crippen LogP contribution >= 0.6 is 0 Å². The number of benzene rings is 2. The van der Waals surface area contributed by atoms with Crippen molar-refractivity contribution < 1.29 is 26.0 Å². The molecule has 1 N–H and O–H groups in total. The van der Waals surface area contributed by atoms with Gasteiger partial charge in [0.05, 0.1) is 0 Å². The second kappa shape index (κ2) is 6.45. The summed E-state index contributed by atoms with van der Waals surface area (Å²) in [5, 5.41) is 0. The van der Waals surface area contributed by atoms with E-state index in [1.807, 2.05) is 4.72 Å². The SMILES string of the molecule is O=S(=O)(NCCc1ccccc1F)c1ccc(F)c(F)c1F. The van der Waals surface area contributed by atoms with E-state index < -0.39 is 38.2 Å². The summed E-state index contributed by atoms with van der Waals surface area (Å²) in [6.45, 7) is -0.221. The van der Waals surface area contributed by atoms with Gasteiger partial charge in [-0.25, -0.2) is 30.7 Å². The highest BCUT2D eigenvalue weighted by Gasteiger charge is 2.23. The fraction of sp³-hybridized carbons (Fsp3) is 0.143. The van der Waals surface area contributed by atoms with E-state index in [2.05, 4.69) is 0 Å². The Labute approximate surface area is 124 Å². The fourth-order valence-electron chi connectivity index (χ4n) is 1.81. The van der Waals surface area contributed by atoms with E-state index in [1.165, 1.54) is 18.2 Å². The Hall–Kier alpha value is -1.93. The quantitative estimate of drug-likeness (QED) is 0.676. The van der Waals surface area contributed by atoms with Crippen LogP contribution in [0.3, 0.4) is 0 Å². The molecule has 0 aromatic heterocycles. The number of nitrogens with one attached hydrogen (secondary N) is 1. The van der Waals surface area contributed by atoms with E-state index in [0.717, 1.165) is 0 Å². The second-order valence-corrected chi connectivity index (χ2v) is 6.15. The van der Waals surface area contributed by atoms with Gasteiger partial charge < -0.3 is 0 Å². The van der Waals surface area contributed by atoms with E-state index in [4.69, 9.17) is 0 Å². The van der Waals surface area contributed by atoms with Gasteiger partial charge in [0.25, 0.3) is 0 Å². The van der Waals surface area contributed by atoms with Gasteiger partial charge in [-0.2, -0.15) is 0 Å². The highest BCUT2D eigenvalue weighted by atomic mass is 32.2. The molecule has 22 heavy (non-hydrogen) atoms. The van der Waals surface area contributed by atoms with Gasteiger partial charge in [-0.3, -0.25) is 0 Å². The van der Waals surface area contributed by atoms with Crippen LogP contribution in [0.25, 0.3) is 0 Å². The van der Waals surface area contributed by atoms with Crippen LogP contribution in [-0.2, 0) is 16.4 Å². The third-order valence-corrected chi connectivity index (χ3v) is 4.41. The minimum atomic E-state index is -4.37. The first-order valence-corrected chi connectivity index (χ1v) is 7.68. The van der Waals surface area contributed by atoms with Crippen LogP contribution in [0, 0.1) is 23.3 Å². The van der Waals surface area contributed by atoms with Crippen LogP contribution in [0.15, 0.2) is 41.3 Å². The van der Waals surface area contributed by atoms with Gasteiger partial charge in [-0.15, -0.1) is 0 Å². The zero-order valence-electron chi connectivity index (χ0n) is 11.1. The summed E-state index contributed by atoms with van der Waals surface area (Å²) in [6.07, 6.45) is 0.0250. The molecular weight excluding hydrogens is 322 g/mol. The lowest BCUT2D eigenvalue weighted by atomic mass is 10.1. The summed E-state index contributed by atoms with van der Waals surface area (Å²) >= 11 is 0. The first kappa shape index (κ1) is 16.4. The highest BCUT2D eigenvalue weighted by Crippen LogP contribution is 2.19. The summed E-state index contributed by atoms with van der Waals surface area (Å²) in [7, 11) is -4.37. The van der Waals surface area contributed by atoms with Crippen LogP contribution in [-0.4, -0.2) is 15.0 Å². The van der Waals surface area contributed by atoms with Gasteiger partial charge >= 0.3 is 0 Å². The Balaban J connectivity index is 2.12. The van der Waals surface area contributed by atoms with Crippen molar-refractivity contribution >= 4 is 10.0 Å². The third-order valence-electron chi connectivity index (χ3n) is 2.93. The molecular formula is C14H11F4NO2S. The smallest absolute Gasteiger partial charge is 0.211 e. The normalized spacial score (nSPS) is 11.6. The van der Waals surface area contributed by atoms with Gasteiger partial charge in [-0.1, -0.05) is 18.2 Å². The third kappa shape index (κ3) is 3.45. The number of halogens is 4. The number of hydrogen-bond donors (Lipinski definition) is 1. The number of hydrogen-bond acceptors (Lipinski definition) is 2. The molecule has 0 saturated heterocycles. The predicted molar refractivity (Wildman–Crippen MR) is 71.6 cm³/mol. The number of sulfonamides is 1. The highest BCUT2D eigenvalue weighted by molar-refractivity contribution is 7.89. The molecule has 0 fully saturated rings. The lowest BCUT2D eigenvalue weighted by Gasteiger charge is -2.09. The molecule has 8 heteroatoms. The number of rotatable bonds is 5. The molecule has 0 radical (unpaired) electrons. The molecule has 3 nitrogen and oxygen atoms in total. The molecule has 0 amide bonds. The Morgan fingerprint density at radius 2 is 1.55 bits per heavy atom. The average Bonchev–Trinajstić information content (AvgIpc) is 2.46. The van der Waals surface area contributed by atoms with Crippen molar-refractivity contribution in [2.75, 3.05) is 6.54 Å². The van der Waals surface area contributed by atoms with Crippen molar-refractivity contribution in [3.05, 3.63) is 65.2 Å². The molecule has 0 atom stereocenters. The van der Waals surface area contributed by atoms with Crippen molar-refractivity contribution in [3.8, 4) is 0 Å². The minimum absolute atomic E-state index is 0.0250. The molecule has 2 aromatic rings. The summed E-state index contributed by atoms with van der Waals surface area (Å²) in [6, 6.07) is 6.91. The zero-order chi connectivity index (χ0) is 16.3. The summed E-state index contributed by atoms with van der Waals surface area (Å²) in [4.78, 5) is -1.00. The first-order chi connectivity index (χ1) is 10.3. The Kier molecular flexibility index (Phi) is 4.82. The van der Waals surface area contributed by atoms with Crippen molar-refractivity contribution in [1.29, 1.82) is 0 Å². The van der Waals surface area contributed by atoms with Crippen LogP contribution in [0.2, 0.25) is 0 Å². The summed E-state index contributed by atoms with van der Waals surface area (Å²) in [5.74, 6) is -5.64. The Morgan fingerprint density at radius 1 is 0.864 bits per heavy atom. The van der Waals surface area contributed by atoms with E-state index in [0.29, 0.717) is 12.1 Å². The first-order valence-electron chi connectivity index (χ1n) is 6.19. The molecule has 118 valence electrons. The van der Waals surface area contributed by atoms with E-state index >= 15 is 0 Å². The molecule has 0 saturated carbocycles. The largest absolute Gasteiger partial charge is 0.243 e. The topological polar surface area (TPSA) is 46.2 Å². The van der Waals surface area contributed by atoms with Crippen LogP contribution in [0.4, 0.5) is 17.6 Å². The molecule has 2 rings (SSSR count). The van der Waals surface area contributed by atoms with Gasteiger partial charge in [0.1, 0.15) is 10.7 Å². The molecule has 0 bridgehead atoms. The van der Waals surface area contributed by atoms with Gasteiger partial charge in [0, 0.05) is 6.54 Å². The monoisotopic (exact) mass is 333 g/mol. The Morgan fingerprint density at radius 3 is 2.23 bits per heavy atom. The van der Waals surface area contributed by atoms with Crippen LogP contribution in [0.1, 0.15) is 5.56 Å². The van der Waals surface area contributed by atoms with Crippen LogP contribution in [0.5, 0.6) is 0 Å². The lowest BCUT2D eigenvalue weighted by molar-refractivity contribution is 0.431. The summed E-state index contributed by atoms with van der Waals surface area (Å²) in [5.41, 5.74) is 0.274.